The molecule has 3 aromatic heterocycles. The highest BCUT2D eigenvalue weighted by Crippen LogP contribution is 2.28. The molecule has 3 heterocycles. The van der Waals surface area contributed by atoms with Crippen molar-refractivity contribution in [2.75, 3.05) is 6.61 Å². The summed E-state index contributed by atoms with van der Waals surface area (Å²) in [5.74, 6) is 5.26. The van der Waals surface area contributed by atoms with Crippen LogP contribution in [0.1, 0.15) is 17.0 Å². The minimum absolute atomic E-state index is 0.223. The zero-order valence-corrected chi connectivity index (χ0v) is 17.3. The normalized spacial score (nSPS) is 11.2. The average molecular weight is 454 g/mol. The Balaban J connectivity index is 1.48. The van der Waals surface area contributed by atoms with Gasteiger partial charge in [0.25, 0.3) is 0 Å². The van der Waals surface area contributed by atoms with Gasteiger partial charge in [0, 0.05) is 17.5 Å². The molecule has 168 valence electrons. The van der Waals surface area contributed by atoms with Gasteiger partial charge in [-0.3, -0.25) is 4.68 Å². The number of aromatic nitrogens is 4. The van der Waals surface area contributed by atoms with E-state index in [1.165, 1.54) is 30.5 Å². The quantitative estimate of drug-likeness (QED) is 0.455. The number of rotatable bonds is 5. The lowest BCUT2D eigenvalue weighted by Crippen LogP contribution is -2.16. The fourth-order valence-corrected chi connectivity index (χ4v) is 3.02. The van der Waals surface area contributed by atoms with Crippen molar-refractivity contribution in [2.24, 2.45) is 0 Å². The van der Waals surface area contributed by atoms with Crippen LogP contribution in [-0.4, -0.2) is 37.8 Å². The maximum Gasteiger partial charge on any atom is 0.573 e. The summed E-state index contributed by atoms with van der Waals surface area (Å²) >= 11 is 0. The van der Waals surface area contributed by atoms with Crippen LogP contribution in [0.4, 0.5) is 13.2 Å². The Morgan fingerprint density at radius 2 is 1.91 bits per heavy atom. The van der Waals surface area contributed by atoms with Gasteiger partial charge in [-0.05, 0) is 54.8 Å². The van der Waals surface area contributed by atoms with E-state index in [1.807, 2.05) is 19.1 Å². The molecule has 7 nitrogen and oxygen atoms in total. The lowest BCUT2D eigenvalue weighted by Gasteiger charge is -2.08. The topological polar surface area (TPSA) is 86.2 Å². The van der Waals surface area contributed by atoms with E-state index < -0.39 is 6.36 Å². The molecule has 0 atom stereocenters. The Kier molecular flexibility index (Phi) is 6.15. The first-order chi connectivity index (χ1) is 15.8. The second-order valence-corrected chi connectivity index (χ2v) is 6.95. The summed E-state index contributed by atoms with van der Waals surface area (Å²) < 4.78 is 48.1. The van der Waals surface area contributed by atoms with Crippen molar-refractivity contribution in [3.63, 3.8) is 0 Å². The summed E-state index contributed by atoms with van der Waals surface area (Å²) in [5.41, 5.74) is 3.91. The van der Waals surface area contributed by atoms with Gasteiger partial charge in [0.2, 0.25) is 5.89 Å². The maximum absolute atomic E-state index is 12.3. The molecule has 4 rings (SSSR count). The number of oxazole rings is 1. The second-order valence-electron chi connectivity index (χ2n) is 6.95. The summed E-state index contributed by atoms with van der Waals surface area (Å²) in [5, 5.41) is 13.3. The molecule has 0 radical (unpaired) electrons. The van der Waals surface area contributed by atoms with E-state index in [1.54, 1.807) is 16.9 Å². The van der Waals surface area contributed by atoms with Crippen LogP contribution in [-0.2, 0) is 6.54 Å². The molecule has 0 aliphatic carbocycles. The summed E-state index contributed by atoms with van der Waals surface area (Å²) in [6, 6.07) is 10.8. The monoisotopic (exact) mass is 454 g/mol. The fraction of sp³-hybridized carbons (Fsp3) is 0.174. The number of benzene rings is 1. The van der Waals surface area contributed by atoms with Crippen molar-refractivity contribution >= 4 is 0 Å². The zero-order valence-electron chi connectivity index (χ0n) is 17.3. The number of hydrogen-bond donors (Lipinski definition) is 1. The third-order valence-electron chi connectivity index (χ3n) is 4.54. The number of halogens is 3. The molecule has 4 aromatic rings. The van der Waals surface area contributed by atoms with Crippen molar-refractivity contribution in [3.05, 3.63) is 71.9 Å². The molecule has 33 heavy (non-hydrogen) atoms. The van der Waals surface area contributed by atoms with Gasteiger partial charge < -0.3 is 14.3 Å². The second kappa shape index (κ2) is 9.18. The Hall–Kier alpha value is -4.10. The van der Waals surface area contributed by atoms with Crippen molar-refractivity contribution in [1.82, 2.24) is 19.7 Å². The molecular formula is C23H17F3N4O3. The van der Waals surface area contributed by atoms with Crippen LogP contribution < -0.4 is 4.74 Å². The van der Waals surface area contributed by atoms with E-state index in [0.29, 0.717) is 29.2 Å². The van der Waals surface area contributed by atoms with Crippen LogP contribution in [0.2, 0.25) is 0 Å². The first-order valence-corrected chi connectivity index (χ1v) is 9.72. The van der Waals surface area contributed by atoms with Crippen LogP contribution in [0.5, 0.6) is 5.75 Å². The minimum atomic E-state index is -4.74. The van der Waals surface area contributed by atoms with Crippen LogP contribution in [0.15, 0.2) is 59.3 Å². The standard InChI is InChI=1S/C23H17F3N4O3/c1-15-11-20(29-30(15)13-16-4-7-18(27-12-16)3-2-10-31)22-28-21(14-32-22)17-5-8-19(9-6-17)33-23(24,25)26/h4-9,11-12,14,31H,10,13H2,1H3. The van der Waals surface area contributed by atoms with E-state index in [2.05, 4.69) is 31.6 Å². The summed E-state index contributed by atoms with van der Waals surface area (Å²) in [6.45, 7) is 2.15. The Morgan fingerprint density at radius 1 is 1.12 bits per heavy atom. The minimum Gasteiger partial charge on any atom is -0.443 e. The van der Waals surface area contributed by atoms with Crippen molar-refractivity contribution in [1.29, 1.82) is 0 Å². The first kappa shape index (κ1) is 22.1. The van der Waals surface area contributed by atoms with Gasteiger partial charge in [0.05, 0.1) is 6.54 Å². The highest BCUT2D eigenvalue weighted by molar-refractivity contribution is 5.62. The van der Waals surface area contributed by atoms with Gasteiger partial charge in [0.15, 0.2) is 0 Å². The number of hydrogen-bond acceptors (Lipinski definition) is 6. The molecule has 0 unspecified atom stereocenters. The van der Waals surface area contributed by atoms with E-state index >= 15 is 0 Å². The smallest absolute Gasteiger partial charge is 0.443 e. The number of alkyl halides is 3. The molecular weight excluding hydrogens is 437 g/mol. The number of pyridine rings is 1. The Morgan fingerprint density at radius 3 is 2.58 bits per heavy atom. The molecule has 0 bridgehead atoms. The average Bonchev–Trinajstić information content (AvgIpc) is 3.40. The number of aliphatic hydroxyl groups is 1. The van der Waals surface area contributed by atoms with Crippen LogP contribution in [0.25, 0.3) is 22.8 Å². The fourth-order valence-electron chi connectivity index (χ4n) is 3.02. The Bertz CT molecular complexity index is 1300. The molecule has 0 aliphatic heterocycles. The van der Waals surface area contributed by atoms with Gasteiger partial charge in [-0.25, -0.2) is 9.97 Å². The third-order valence-corrected chi connectivity index (χ3v) is 4.54. The lowest BCUT2D eigenvalue weighted by atomic mass is 10.2. The van der Waals surface area contributed by atoms with E-state index in [-0.39, 0.29) is 18.2 Å². The van der Waals surface area contributed by atoms with Gasteiger partial charge in [-0.15, -0.1) is 13.2 Å². The predicted octanol–water partition coefficient (Wildman–Crippen LogP) is 4.20. The molecule has 0 saturated heterocycles. The van der Waals surface area contributed by atoms with E-state index in [4.69, 9.17) is 9.52 Å². The third kappa shape index (κ3) is 5.58. The number of aliphatic hydroxyl groups excluding tert-OH is 1. The summed E-state index contributed by atoms with van der Waals surface area (Å²) in [6.07, 6.45) is -1.64. The maximum atomic E-state index is 12.3. The number of nitrogens with zero attached hydrogens (tertiary/aromatic N) is 4. The van der Waals surface area contributed by atoms with Gasteiger partial charge in [-0.1, -0.05) is 12.0 Å². The van der Waals surface area contributed by atoms with E-state index in [0.717, 1.165) is 11.3 Å². The largest absolute Gasteiger partial charge is 0.573 e. The van der Waals surface area contributed by atoms with Crippen LogP contribution in [0.3, 0.4) is 0 Å². The van der Waals surface area contributed by atoms with Crippen LogP contribution in [0, 0.1) is 18.8 Å². The Labute approximate surface area is 186 Å². The highest BCUT2D eigenvalue weighted by atomic mass is 19.4. The highest BCUT2D eigenvalue weighted by Gasteiger charge is 2.31. The SMILES string of the molecule is Cc1cc(-c2nc(-c3ccc(OC(F)(F)F)cc3)co2)nn1Cc1ccc(C#CCO)nc1. The first-order valence-electron chi connectivity index (χ1n) is 9.72. The number of aryl methyl sites for hydroxylation is 1. The lowest BCUT2D eigenvalue weighted by molar-refractivity contribution is -0.274. The molecule has 0 aliphatic rings. The molecule has 1 N–H and O–H groups in total. The van der Waals surface area contributed by atoms with Gasteiger partial charge in [-0.2, -0.15) is 5.10 Å². The predicted molar refractivity (Wildman–Crippen MR) is 112 cm³/mol. The number of ether oxygens (including phenoxy) is 1. The molecule has 0 amide bonds. The van der Waals surface area contributed by atoms with E-state index in [9.17, 15) is 13.2 Å². The molecule has 0 saturated carbocycles. The van der Waals surface area contributed by atoms with Crippen molar-refractivity contribution in [3.8, 4) is 40.4 Å². The molecule has 10 heteroatoms. The van der Waals surface area contributed by atoms with Gasteiger partial charge in [0.1, 0.15) is 35.7 Å². The zero-order chi connectivity index (χ0) is 23.4. The van der Waals surface area contributed by atoms with Gasteiger partial charge >= 0.3 is 6.36 Å². The molecule has 1 aromatic carbocycles. The van der Waals surface area contributed by atoms with Crippen molar-refractivity contribution < 1.29 is 27.4 Å². The summed E-state index contributed by atoms with van der Waals surface area (Å²) in [4.78, 5) is 8.64. The van der Waals surface area contributed by atoms with Crippen LogP contribution >= 0.6 is 0 Å². The molecule has 0 spiro atoms. The summed E-state index contributed by atoms with van der Waals surface area (Å²) in [7, 11) is 0. The molecule has 0 fully saturated rings. The van der Waals surface area contributed by atoms with Crippen molar-refractivity contribution in [2.45, 2.75) is 19.8 Å².